The van der Waals surface area contributed by atoms with Gasteiger partial charge in [-0.2, -0.15) is 0 Å². The van der Waals surface area contributed by atoms with E-state index in [0.717, 1.165) is 0 Å². The highest BCUT2D eigenvalue weighted by Gasteiger charge is 2.27. The predicted octanol–water partition coefficient (Wildman–Crippen LogP) is 0.274. The van der Waals surface area contributed by atoms with E-state index in [-0.39, 0.29) is 24.7 Å². The number of ether oxygens (including phenoxy) is 2. The van der Waals surface area contributed by atoms with E-state index < -0.39 is 28.0 Å². The molecule has 6 nitrogen and oxygen atoms in total. The Morgan fingerprint density at radius 3 is 2.90 bits per heavy atom. The van der Waals surface area contributed by atoms with Crippen LogP contribution in [0, 0.1) is 5.82 Å². The average Bonchev–Trinajstić information content (AvgIpc) is 2.43. The second-order valence-corrected chi connectivity index (χ2v) is 6.63. The van der Waals surface area contributed by atoms with Crippen LogP contribution in [0.3, 0.4) is 0 Å². The van der Waals surface area contributed by atoms with E-state index in [4.69, 9.17) is 9.47 Å². The van der Waals surface area contributed by atoms with Crippen LogP contribution in [0.5, 0.6) is 5.75 Å². The zero-order valence-corrected chi connectivity index (χ0v) is 12.2. The Morgan fingerprint density at radius 2 is 2.19 bits per heavy atom. The van der Waals surface area contributed by atoms with Gasteiger partial charge in [-0.1, -0.05) is 12.1 Å². The third-order valence-corrected chi connectivity index (χ3v) is 4.47. The van der Waals surface area contributed by atoms with Gasteiger partial charge in [0, 0.05) is 6.61 Å². The minimum atomic E-state index is -3.61. The maximum atomic E-state index is 13.3. The molecular weight excluding hydrogens is 301 g/mol. The second-order valence-electron chi connectivity index (χ2n) is 4.75. The van der Waals surface area contributed by atoms with Crippen molar-refractivity contribution < 1.29 is 27.4 Å². The van der Waals surface area contributed by atoms with E-state index in [1.807, 2.05) is 0 Å². The Labute approximate surface area is 122 Å². The Kier molecular flexibility index (Phi) is 5.51. The van der Waals surface area contributed by atoms with Crippen LogP contribution in [-0.2, 0) is 14.8 Å². The maximum absolute atomic E-state index is 13.3. The van der Waals surface area contributed by atoms with Gasteiger partial charge in [0.15, 0.2) is 11.6 Å². The molecule has 0 radical (unpaired) electrons. The normalized spacial score (nSPS) is 23.0. The SMILES string of the molecule is O=S(=O)(CCOc1ccccc1F)N[C@@H]1CCOC[C@H]1O. The average molecular weight is 319 g/mol. The standard InChI is InChI=1S/C13H18FNO5S/c14-10-3-1-2-4-13(10)20-7-8-21(17,18)15-11-5-6-19-9-12(11)16/h1-4,11-12,15-16H,5-9H2/t11-,12-/m1/s1. The van der Waals surface area contributed by atoms with E-state index >= 15 is 0 Å². The first kappa shape index (κ1) is 16.2. The molecule has 0 spiro atoms. The summed E-state index contributed by atoms with van der Waals surface area (Å²) in [5.41, 5.74) is 0. The molecular formula is C13H18FNO5S. The third kappa shape index (κ3) is 4.92. The van der Waals surface area contributed by atoms with Gasteiger partial charge in [0.05, 0.1) is 24.5 Å². The highest BCUT2D eigenvalue weighted by Crippen LogP contribution is 2.15. The maximum Gasteiger partial charge on any atom is 0.215 e. The summed E-state index contributed by atoms with van der Waals surface area (Å²) in [4.78, 5) is 0. The van der Waals surface area contributed by atoms with Crippen molar-refractivity contribution in [2.75, 3.05) is 25.6 Å². The van der Waals surface area contributed by atoms with Crippen LogP contribution in [-0.4, -0.2) is 51.2 Å². The monoisotopic (exact) mass is 319 g/mol. The van der Waals surface area contributed by atoms with Crippen molar-refractivity contribution in [3.8, 4) is 5.75 Å². The molecule has 2 rings (SSSR count). The summed E-state index contributed by atoms with van der Waals surface area (Å²) in [6.45, 7) is 0.338. The smallest absolute Gasteiger partial charge is 0.215 e. The number of aliphatic hydroxyl groups is 1. The molecule has 0 amide bonds. The van der Waals surface area contributed by atoms with Crippen molar-refractivity contribution >= 4 is 10.0 Å². The molecule has 1 aliphatic heterocycles. The number of benzene rings is 1. The summed E-state index contributed by atoms with van der Waals surface area (Å²) >= 11 is 0. The number of hydrogen-bond donors (Lipinski definition) is 2. The van der Waals surface area contributed by atoms with Gasteiger partial charge in [0.1, 0.15) is 6.61 Å². The molecule has 2 N–H and O–H groups in total. The van der Waals surface area contributed by atoms with E-state index in [1.165, 1.54) is 18.2 Å². The van der Waals surface area contributed by atoms with Gasteiger partial charge in [-0.3, -0.25) is 0 Å². The molecule has 1 aromatic carbocycles. The van der Waals surface area contributed by atoms with Crippen molar-refractivity contribution in [2.24, 2.45) is 0 Å². The van der Waals surface area contributed by atoms with Crippen molar-refractivity contribution in [1.29, 1.82) is 0 Å². The highest BCUT2D eigenvalue weighted by molar-refractivity contribution is 7.89. The molecule has 0 saturated carbocycles. The summed E-state index contributed by atoms with van der Waals surface area (Å²) in [7, 11) is -3.61. The first-order valence-electron chi connectivity index (χ1n) is 6.61. The minimum absolute atomic E-state index is 0.0128. The molecule has 21 heavy (non-hydrogen) atoms. The number of nitrogens with one attached hydrogen (secondary N) is 1. The lowest BCUT2D eigenvalue weighted by molar-refractivity contribution is -0.0222. The number of para-hydroxylation sites is 1. The van der Waals surface area contributed by atoms with Crippen molar-refractivity contribution in [1.82, 2.24) is 4.72 Å². The topological polar surface area (TPSA) is 84.9 Å². The number of hydrogen-bond acceptors (Lipinski definition) is 5. The lowest BCUT2D eigenvalue weighted by Crippen LogP contribution is -2.49. The first-order chi connectivity index (χ1) is 9.98. The molecule has 0 aromatic heterocycles. The van der Waals surface area contributed by atoms with Crippen molar-refractivity contribution in [3.05, 3.63) is 30.1 Å². The Morgan fingerprint density at radius 1 is 1.43 bits per heavy atom. The number of rotatable bonds is 6. The molecule has 118 valence electrons. The van der Waals surface area contributed by atoms with Gasteiger partial charge >= 0.3 is 0 Å². The van der Waals surface area contributed by atoms with Crippen LogP contribution in [0.2, 0.25) is 0 Å². The molecule has 1 aliphatic rings. The van der Waals surface area contributed by atoms with Crippen LogP contribution in [0.15, 0.2) is 24.3 Å². The summed E-state index contributed by atoms with van der Waals surface area (Å²) in [5, 5.41) is 9.64. The van der Waals surface area contributed by atoms with Gasteiger partial charge in [-0.25, -0.2) is 17.5 Å². The number of aliphatic hydroxyl groups excluding tert-OH is 1. The zero-order valence-electron chi connectivity index (χ0n) is 11.4. The van der Waals surface area contributed by atoms with Crippen molar-refractivity contribution in [3.63, 3.8) is 0 Å². The lowest BCUT2D eigenvalue weighted by Gasteiger charge is -2.28. The molecule has 0 unspecified atom stereocenters. The quantitative estimate of drug-likeness (QED) is 0.786. The number of halogens is 1. The largest absolute Gasteiger partial charge is 0.489 e. The van der Waals surface area contributed by atoms with Gasteiger partial charge < -0.3 is 14.6 Å². The molecule has 1 fully saturated rings. The molecule has 1 heterocycles. The van der Waals surface area contributed by atoms with E-state index in [1.54, 1.807) is 6.07 Å². The second kappa shape index (κ2) is 7.17. The summed E-state index contributed by atoms with van der Waals surface area (Å²) in [5.74, 6) is -0.840. The van der Waals surface area contributed by atoms with Crippen LogP contribution < -0.4 is 9.46 Å². The molecule has 0 aliphatic carbocycles. The Balaban J connectivity index is 1.82. The summed E-state index contributed by atoms with van der Waals surface area (Å²) in [6, 6.07) is 5.23. The summed E-state index contributed by atoms with van der Waals surface area (Å²) < 4.78 is 49.6. The molecule has 2 atom stereocenters. The van der Waals surface area contributed by atoms with Crippen LogP contribution in [0.25, 0.3) is 0 Å². The Bertz CT molecular complexity index is 565. The van der Waals surface area contributed by atoms with Crippen LogP contribution >= 0.6 is 0 Å². The molecule has 0 bridgehead atoms. The fraction of sp³-hybridized carbons (Fsp3) is 0.538. The predicted molar refractivity (Wildman–Crippen MR) is 74.0 cm³/mol. The zero-order chi connectivity index (χ0) is 15.3. The van der Waals surface area contributed by atoms with Gasteiger partial charge in [-0.15, -0.1) is 0 Å². The van der Waals surface area contributed by atoms with Crippen LogP contribution in [0.4, 0.5) is 4.39 Å². The first-order valence-corrected chi connectivity index (χ1v) is 8.26. The Hall–Kier alpha value is -1.22. The fourth-order valence-corrected chi connectivity index (χ4v) is 3.13. The van der Waals surface area contributed by atoms with E-state index in [2.05, 4.69) is 4.72 Å². The summed E-state index contributed by atoms with van der Waals surface area (Å²) in [6.07, 6.45) is -0.449. The lowest BCUT2D eigenvalue weighted by atomic mass is 10.1. The van der Waals surface area contributed by atoms with Gasteiger partial charge in [0.2, 0.25) is 10.0 Å². The molecule has 1 aromatic rings. The van der Waals surface area contributed by atoms with Gasteiger partial charge in [-0.05, 0) is 18.6 Å². The van der Waals surface area contributed by atoms with Crippen molar-refractivity contribution in [2.45, 2.75) is 18.6 Å². The highest BCUT2D eigenvalue weighted by atomic mass is 32.2. The van der Waals surface area contributed by atoms with E-state index in [0.29, 0.717) is 13.0 Å². The third-order valence-electron chi connectivity index (χ3n) is 3.10. The van der Waals surface area contributed by atoms with Gasteiger partial charge in [0.25, 0.3) is 0 Å². The number of sulfonamides is 1. The molecule has 8 heteroatoms. The minimum Gasteiger partial charge on any atom is -0.489 e. The molecule has 1 saturated heterocycles. The van der Waals surface area contributed by atoms with E-state index in [9.17, 15) is 17.9 Å². The van der Waals surface area contributed by atoms with Crippen LogP contribution in [0.1, 0.15) is 6.42 Å². The fourth-order valence-electron chi connectivity index (χ4n) is 1.97.